The number of hydrogen-bond donors (Lipinski definition) is 1. The first-order valence-corrected chi connectivity index (χ1v) is 7.97. The van der Waals surface area contributed by atoms with Crippen molar-refractivity contribution in [3.05, 3.63) is 11.7 Å². The second-order valence-electron chi connectivity index (χ2n) is 7.17. The van der Waals surface area contributed by atoms with Crippen LogP contribution in [0.1, 0.15) is 83.3 Å². The number of aliphatic hydroxyl groups is 1. The molecule has 0 radical (unpaired) electrons. The fourth-order valence-electron chi connectivity index (χ4n) is 2.70. The summed E-state index contributed by atoms with van der Waals surface area (Å²) in [5, 5.41) is 14.3. The number of nitrogens with zero attached hydrogens (tertiary/aromatic N) is 2. The standard InChI is InChI=1S/C16H28N2O2/c1-16(2,3)13(19)11-14-17-15(18-20-14)12-9-7-5-4-6-8-10-12/h12-13,19H,4-11H2,1-3H3. The van der Waals surface area contributed by atoms with E-state index in [-0.39, 0.29) is 5.41 Å². The van der Waals surface area contributed by atoms with E-state index >= 15 is 0 Å². The van der Waals surface area contributed by atoms with Crippen molar-refractivity contribution in [1.29, 1.82) is 0 Å². The third kappa shape index (κ3) is 4.30. The van der Waals surface area contributed by atoms with Crippen LogP contribution in [0.25, 0.3) is 0 Å². The molecule has 0 bridgehead atoms. The molecule has 1 saturated carbocycles. The molecule has 1 unspecified atom stereocenters. The first kappa shape index (κ1) is 15.5. The van der Waals surface area contributed by atoms with Gasteiger partial charge in [0.2, 0.25) is 5.89 Å². The Hall–Kier alpha value is -0.900. The molecule has 1 aromatic heterocycles. The van der Waals surface area contributed by atoms with Crippen molar-refractivity contribution >= 4 is 0 Å². The van der Waals surface area contributed by atoms with Crippen LogP contribution in [0.2, 0.25) is 0 Å². The molecule has 1 aliphatic rings. The molecule has 0 spiro atoms. The first-order chi connectivity index (χ1) is 9.47. The summed E-state index contributed by atoms with van der Waals surface area (Å²) >= 11 is 0. The van der Waals surface area contributed by atoms with Crippen LogP contribution < -0.4 is 0 Å². The lowest BCUT2D eigenvalue weighted by Crippen LogP contribution is -2.28. The molecule has 1 atom stereocenters. The van der Waals surface area contributed by atoms with E-state index in [1.807, 2.05) is 20.8 Å². The molecule has 2 rings (SSSR count). The largest absolute Gasteiger partial charge is 0.392 e. The van der Waals surface area contributed by atoms with Gasteiger partial charge < -0.3 is 9.63 Å². The molecular formula is C16H28N2O2. The number of aliphatic hydroxyl groups excluding tert-OH is 1. The van der Waals surface area contributed by atoms with E-state index in [1.165, 1.54) is 44.9 Å². The number of hydrogen-bond acceptors (Lipinski definition) is 4. The Morgan fingerprint density at radius 1 is 1.15 bits per heavy atom. The highest BCUT2D eigenvalue weighted by Gasteiger charge is 2.26. The summed E-state index contributed by atoms with van der Waals surface area (Å²) in [7, 11) is 0. The molecule has 0 aromatic carbocycles. The number of rotatable bonds is 3. The smallest absolute Gasteiger partial charge is 0.229 e. The maximum Gasteiger partial charge on any atom is 0.229 e. The van der Waals surface area contributed by atoms with Crippen LogP contribution in [0, 0.1) is 5.41 Å². The quantitative estimate of drug-likeness (QED) is 0.913. The minimum atomic E-state index is -0.451. The summed E-state index contributed by atoms with van der Waals surface area (Å²) in [4.78, 5) is 4.52. The van der Waals surface area contributed by atoms with Gasteiger partial charge in [-0.3, -0.25) is 0 Å². The minimum absolute atomic E-state index is 0.158. The van der Waals surface area contributed by atoms with E-state index in [0.29, 0.717) is 18.2 Å². The fourth-order valence-corrected chi connectivity index (χ4v) is 2.70. The zero-order chi connectivity index (χ0) is 14.6. The van der Waals surface area contributed by atoms with Crippen molar-refractivity contribution < 1.29 is 9.63 Å². The van der Waals surface area contributed by atoms with E-state index in [9.17, 15) is 5.11 Å². The van der Waals surface area contributed by atoms with Gasteiger partial charge >= 0.3 is 0 Å². The molecule has 1 N–H and O–H groups in total. The lowest BCUT2D eigenvalue weighted by molar-refractivity contribution is 0.0565. The minimum Gasteiger partial charge on any atom is -0.392 e. The molecule has 1 aliphatic carbocycles. The van der Waals surface area contributed by atoms with Gasteiger partial charge in [-0.25, -0.2) is 0 Å². The molecule has 0 saturated heterocycles. The van der Waals surface area contributed by atoms with Crippen molar-refractivity contribution in [2.45, 2.75) is 84.2 Å². The van der Waals surface area contributed by atoms with E-state index in [0.717, 1.165) is 5.82 Å². The van der Waals surface area contributed by atoms with Gasteiger partial charge in [0.25, 0.3) is 0 Å². The second-order valence-corrected chi connectivity index (χ2v) is 7.17. The summed E-state index contributed by atoms with van der Waals surface area (Å²) in [6.07, 6.45) is 8.87. The molecule has 0 aliphatic heterocycles. The van der Waals surface area contributed by atoms with Gasteiger partial charge in [-0.1, -0.05) is 58.0 Å². The number of aromatic nitrogens is 2. The highest BCUT2D eigenvalue weighted by Crippen LogP contribution is 2.29. The Kier molecular flexibility index (Phi) is 5.19. The Balaban J connectivity index is 1.97. The molecule has 4 heteroatoms. The molecule has 0 amide bonds. The first-order valence-electron chi connectivity index (χ1n) is 7.97. The molecule has 1 fully saturated rings. The molecule has 114 valence electrons. The van der Waals surface area contributed by atoms with Gasteiger partial charge in [0.05, 0.1) is 12.5 Å². The van der Waals surface area contributed by atoms with E-state index in [1.54, 1.807) is 0 Å². The lowest BCUT2D eigenvalue weighted by Gasteiger charge is -2.24. The van der Waals surface area contributed by atoms with Crippen molar-refractivity contribution in [3.8, 4) is 0 Å². The maximum absolute atomic E-state index is 10.1. The van der Waals surface area contributed by atoms with E-state index in [2.05, 4.69) is 10.1 Å². The van der Waals surface area contributed by atoms with Gasteiger partial charge in [0.1, 0.15) is 0 Å². The zero-order valence-electron chi connectivity index (χ0n) is 13.1. The van der Waals surface area contributed by atoms with Crippen molar-refractivity contribution in [2.24, 2.45) is 5.41 Å². The van der Waals surface area contributed by atoms with Gasteiger partial charge in [-0.2, -0.15) is 4.98 Å². The highest BCUT2D eigenvalue weighted by molar-refractivity contribution is 4.97. The average molecular weight is 280 g/mol. The third-order valence-corrected chi connectivity index (χ3v) is 4.32. The molecule has 4 nitrogen and oxygen atoms in total. The van der Waals surface area contributed by atoms with E-state index in [4.69, 9.17) is 4.52 Å². The summed E-state index contributed by atoms with van der Waals surface area (Å²) in [6.45, 7) is 6.05. The maximum atomic E-state index is 10.1. The summed E-state index contributed by atoms with van der Waals surface area (Å²) in [5.41, 5.74) is -0.158. The second kappa shape index (κ2) is 6.70. The Labute approximate surface area is 122 Å². The van der Waals surface area contributed by atoms with E-state index < -0.39 is 6.10 Å². The Bertz CT molecular complexity index is 401. The topological polar surface area (TPSA) is 59.2 Å². The monoisotopic (exact) mass is 280 g/mol. The van der Waals surface area contributed by atoms with Crippen LogP contribution in [-0.2, 0) is 6.42 Å². The SMILES string of the molecule is CC(C)(C)C(O)Cc1nc(C2CCCCCCC2)no1. The molecule has 1 aromatic rings. The highest BCUT2D eigenvalue weighted by atomic mass is 16.5. The third-order valence-electron chi connectivity index (χ3n) is 4.32. The zero-order valence-corrected chi connectivity index (χ0v) is 13.1. The van der Waals surface area contributed by atoms with Crippen molar-refractivity contribution in [1.82, 2.24) is 10.1 Å². The molecule has 20 heavy (non-hydrogen) atoms. The van der Waals surface area contributed by atoms with Crippen LogP contribution in [0.5, 0.6) is 0 Å². The van der Waals surface area contributed by atoms with Gasteiger partial charge in [-0.15, -0.1) is 0 Å². The average Bonchev–Trinajstić information content (AvgIpc) is 2.75. The van der Waals surface area contributed by atoms with Crippen LogP contribution in [-0.4, -0.2) is 21.4 Å². The van der Waals surface area contributed by atoms with Gasteiger partial charge in [0, 0.05) is 5.92 Å². The van der Waals surface area contributed by atoms with Crippen LogP contribution >= 0.6 is 0 Å². The van der Waals surface area contributed by atoms with Crippen LogP contribution in [0.15, 0.2) is 4.52 Å². The van der Waals surface area contributed by atoms with Crippen LogP contribution in [0.4, 0.5) is 0 Å². The molecule has 1 heterocycles. The fraction of sp³-hybridized carbons (Fsp3) is 0.875. The molecular weight excluding hydrogens is 252 g/mol. The van der Waals surface area contributed by atoms with Gasteiger partial charge in [0.15, 0.2) is 5.82 Å². The predicted octanol–water partition coefficient (Wildman–Crippen LogP) is 3.85. The van der Waals surface area contributed by atoms with Crippen molar-refractivity contribution in [3.63, 3.8) is 0 Å². The van der Waals surface area contributed by atoms with Gasteiger partial charge in [-0.05, 0) is 18.3 Å². The van der Waals surface area contributed by atoms with Crippen molar-refractivity contribution in [2.75, 3.05) is 0 Å². The predicted molar refractivity (Wildman–Crippen MR) is 78.5 cm³/mol. The summed E-state index contributed by atoms with van der Waals surface area (Å²) in [6, 6.07) is 0. The normalized spacial score (nSPS) is 20.4. The Morgan fingerprint density at radius 3 is 2.35 bits per heavy atom. The Morgan fingerprint density at radius 2 is 1.75 bits per heavy atom. The van der Waals surface area contributed by atoms with Crippen LogP contribution in [0.3, 0.4) is 0 Å². The lowest BCUT2D eigenvalue weighted by atomic mass is 9.87. The summed E-state index contributed by atoms with van der Waals surface area (Å²) in [5.74, 6) is 1.87. The summed E-state index contributed by atoms with van der Waals surface area (Å²) < 4.78 is 5.33.